The topological polar surface area (TPSA) is 65.5 Å². The van der Waals surface area contributed by atoms with Gasteiger partial charge in [-0.15, -0.1) is 0 Å². The zero-order valence-corrected chi connectivity index (χ0v) is 11.0. The maximum absolute atomic E-state index is 9.63. The Kier molecular flexibility index (Phi) is 5.96. The lowest BCUT2D eigenvalue weighted by Gasteiger charge is -2.14. The molecule has 0 atom stereocenters. The minimum atomic E-state index is 0.162. The molecule has 4 N–H and O–H groups in total. The third-order valence-corrected chi connectivity index (χ3v) is 2.39. The average molecular weight is 267 g/mol. The largest absolute Gasteiger partial charge is 0.507 e. The van der Waals surface area contributed by atoms with E-state index in [2.05, 4.69) is 22.7 Å². The van der Waals surface area contributed by atoms with Crippen LogP contribution in [0.4, 0.5) is 0 Å². The van der Waals surface area contributed by atoms with Crippen molar-refractivity contribution in [1.29, 1.82) is 0 Å². The van der Waals surface area contributed by atoms with Gasteiger partial charge in [0.05, 0.1) is 12.3 Å². The standard InChI is InChI=1S/C12H17N3O2S/c1-9(10-5-3-4-6-11(10)16)14-15-12(18)13-7-8-17-2/h3-6,14,16H,1,7-8H2,2H3,(H2,13,15,18). The summed E-state index contributed by atoms with van der Waals surface area (Å²) in [6.45, 7) is 5.00. The van der Waals surface area contributed by atoms with Crippen molar-refractivity contribution in [2.45, 2.75) is 0 Å². The molecule has 0 spiro atoms. The van der Waals surface area contributed by atoms with E-state index in [0.29, 0.717) is 29.5 Å². The second-order valence-corrected chi connectivity index (χ2v) is 3.90. The molecule has 98 valence electrons. The zero-order chi connectivity index (χ0) is 13.4. The first-order valence-corrected chi connectivity index (χ1v) is 5.82. The van der Waals surface area contributed by atoms with Crippen LogP contribution in [0, 0.1) is 0 Å². The number of methoxy groups -OCH3 is 1. The molecule has 1 aromatic rings. The fraction of sp³-hybridized carbons (Fsp3) is 0.250. The summed E-state index contributed by atoms with van der Waals surface area (Å²) in [6, 6.07) is 6.92. The molecule has 1 aromatic carbocycles. The Morgan fingerprint density at radius 2 is 2.11 bits per heavy atom. The second-order valence-electron chi connectivity index (χ2n) is 3.49. The van der Waals surface area contributed by atoms with Gasteiger partial charge in [0.2, 0.25) is 0 Å². The molecule has 0 aliphatic heterocycles. The number of hydrazine groups is 1. The third-order valence-electron chi connectivity index (χ3n) is 2.15. The van der Waals surface area contributed by atoms with Gasteiger partial charge < -0.3 is 15.2 Å². The van der Waals surface area contributed by atoms with E-state index in [0.717, 1.165) is 0 Å². The van der Waals surface area contributed by atoms with Crippen LogP contribution < -0.4 is 16.2 Å². The minimum Gasteiger partial charge on any atom is -0.507 e. The van der Waals surface area contributed by atoms with Crippen molar-refractivity contribution in [2.24, 2.45) is 0 Å². The molecule has 0 unspecified atom stereocenters. The monoisotopic (exact) mass is 267 g/mol. The summed E-state index contributed by atoms with van der Waals surface area (Å²) in [4.78, 5) is 0. The van der Waals surface area contributed by atoms with Gasteiger partial charge in [-0.2, -0.15) is 0 Å². The number of aromatic hydroxyl groups is 1. The number of thiocarbonyl (C=S) groups is 1. The predicted molar refractivity (Wildman–Crippen MR) is 75.9 cm³/mol. The van der Waals surface area contributed by atoms with Gasteiger partial charge in [0.15, 0.2) is 5.11 Å². The van der Waals surface area contributed by atoms with Crippen LogP contribution in [-0.2, 0) is 4.74 Å². The summed E-state index contributed by atoms with van der Waals surface area (Å²) >= 11 is 5.02. The van der Waals surface area contributed by atoms with Crippen LogP contribution in [0.3, 0.4) is 0 Å². The zero-order valence-electron chi connectivity index (χ0n) is 10.2. The maximum Gasteiger partial charge on any atom is 0.185 e. The summed E-state index contributed by atoms with van der Waals surface area (Å²) in [6.07, 6.45) is 0. The van der Waals surface area contributed by atoms with Crippen molar-refractivity contribution in [3.63, 3.8) is 0 Å². The predicted octanol–water partition coefficient (Wildman–Crippen LogP) is 0.978. The van der Waals surface area contributed by atoms with Crippen LogP contribution in [0.2, 0.25) is 0 Å². The number of phenols is 1. The lowest BCUT2D eigenvalue weighted by Crippen LogP contribution is -2.43. The first-order chi connectivity index (χ1) is 8.65. The number of hydrogen-bond acceptors (Lipinski definition) is 4. The maximum atomic E-state index is 9.63. The van der Waals surface area contributed by atoms with E-state index in [4.69, 9.17) is 17.0 Å². The molecule has 0 saturated heterocycles. The Morgan fingerprint density at radius 1 is 1.39 bits per heavy atom. The van der Waals surface area contributed by atoms with Crippen LogP contribution in [0.25, 0.3) is 5.70 Å². The molecule has 0 heterocycles. The number of para-hydroxylation sites is 1. The number of phenolic OH excluding ortho intramolecular Hbond substituents is 1. The third kappa shape index (κ3) is 4.60. The van der Waals surface area contributed by atoms with Crippen LogP contribution in [0.1, 0.15) is 5.56 Å². The molecule has 0 saturated carbocycles. The summed E-state index contributed by atoms with van der Waals surface area (Å²) in [5.74, 6) is 0.162. The molecule has 0 radical (unpaired) electrons. The highest BCUT2D eigenvalue weighted by molar-refractivity contribution is 7.80. The Bertz CT molecular complexity index is 424. The van der Waals surface area contributed by atoms with E-state index >= 15 is 0 Å². The van der Waals surface area contributed by atoms with E-state index < -0.39 is 0 Å². The van der Waals surface area contributed by atoms with Crippen LogP contribution in [0.5, 0.6) is 5.75 Å². The fourth-order valence-electron chi connectivity index (χ4n) is 1.24. The molecule has 1 rings (SSSR count). The van der Waals surface area contributed by atoms with Crippen LogP contribution >= 0.6 is 12.2 Å². The quantitative estimate of drug-likeness (QED) is 0.350. The van der Waals surface area contributed by atoms with Gasteiger partial charge in [-0.3, -0.25) is 10.9 Å². The van der Waals surface area contributed by atoms with Crippen molar-refractivity contribution < 1.29 is 9.84 Å². The number of hydrogen-bond donors (Lipinski definition) is 4. The van der Waals surface area contributed by atoms with Crippen molar-refractivity contribution >= 4 is 23.0 Å². The lowest BCUT2D eigenvalue weighted by molar-refractivity contribution is 0.204. The van der Waals surface area contributed by atoms with Crippen molar-refractivity contribution in [2.75, 3.05) is 20.3 Å². The van der Waals surface area contributed by atoms with Gasteiger partial charge in [-0.1, -0.05) is 18.7 Å². The van der Waals surface area contributed by atoms with E-state index in [9.17, 15) is 5.11 Å². The Morgan fingerprint density at radius 3 is 2.78 bits per heavy atom. The van der Waals surface area contributed by atoms with E-state index in [1.54, 1.807) is 25.3 Å². The molecule has 18 heavy (non-hydrogen) atoms. The molecule has 6 heteroatoms. The van der Waals surface area contributed by atoms with E-state index in [-0.39, 0.29) is 5.75 Å². The minimum absolute atomic E-state index is 0.162. The number of ether oxygens (including phenoxy) is 1. The molecule has 0 amide bonds. The summed E-state index contributed by atoms with van der Waals surface area (Å²) in [7, 11) is 1.62. The van der Waals surface area contributed by atoms with Crippen LogP contribution in [0.15, 0.2) is 30.8 Å². The van der Waals surface area contributed by atoms with Crippen molar-refractivity contribution in [3.05, 3.63) is 36.4 Å². The molecule has 0 fully saturated rings. The number of rotatable bonds is 6. The van der Waals surface area contributed by atoms with Crippen molar-refractivity contribution in [1.82, 2.24) is 16.2 Å². The van der Waals surface area contributed by atoms with Gasteiger partial charge in [0, 0.05) is 19.2 Å². The van der Waals surface area contributed by atoms with Crippen molar-refractivity contribution in [3.8, 4) is 5.75 Å². The molecular weight excluding hydrogens is 250 g/mol. The lowest BCUT2D eigenvalue weighted by atomic mass is 10.1. The highest BCUT2D eigenvalue weighted by atomic mass is 32.1. The van der Waals surface area contributed by atoms with Gasteiger partial charge in [-0.25, -0.2) is 0 Å². The van der Waals surface area contributed by atoms with Gasteiger partial charge in [-0.05, 0) is 24.4 Å². The Hall–Kier alpha value is -1.79. The first kappa shape index (κ1) is 14.3. The number of benzene rings is 1. The fourth-order valence-corrected chi connectivity index (χ4v) is 1.39. The molecule has 0 bridgehead atoms. The smallest absolute Gasteiger partial charge is 0.185 e. The SMILES string of the molecule is C=C(NNC(=S)NCCOC)c1ccccc1O. The van der Waals surface area contributed by atoms with Gasteiger partial charge >= 0.3 is 0 Å². The highest BCUT2D eigenvalue weighted by Gasteiger charge is 2.03. The average Bonchev–Trinajstić information content (AvgIpc) is 2.37. The first-order valence-electron chi connectivity index (χ1n) is 5.41. The van der Waals surface area contributed by atoms with E-state index in [1.807, 2.05) is 6.07 Å². The Labute approximate surface area is 112 Å². The molecule has 0 aromatic heterocycles. The van der Waals surface area contributed by atoms with Gasteiger partial charge in [0.25, 0.3) is 0 Å². The van der Waals surface area contributed by atoms with Crippen LogP contribution in [-0.4, -0.2) is 30.5 Å². The molecule has 0 aliphatic rings. The molecular formula is C12H17N3O2S. The molecule has 0 aliphatic carbocycles. The van der Waals surface area contributed by atoms with E-state index in [1.165, 1.54) is 0 Å². The Balaban J connectivity index is 2.38. The highest BCUT2D eigenvalue weighted by Crippen LogP contribution is 2.20. The van der Waals surface area contributed by atoms with Gasteiger partial charge in [0.1, 0.15) is 5.75 Å². The summed E-state index contributed by atoms with van der Waals surface area (Å²) in [5.41, 5.74) is 6.74. The number of nitrogens with one attached hydrogen (secondary N) is 3. The molecule has 5 nitrogen and oxygen atoms in total. The second kappa shape index (κ2) is 7.52. The summed E-state index contributed by atoms with van der Waals surface area (Å²) < 4.78 is 4.88. The summed E-state index contributed by atoms with van der Waals surface area (Å²) in [5, 5.41) is 13.0. The normalized spacial score (nSPS) is 9.61.